The standard InChI is InChI=1S/C23H24N6O3/c1-15(17-9-11-18(30)12-10-17)25-26-22-24-20-19(21(31)28(3)23(32)27(20)2)29(22)14-13-16-7-5-4-6-8-16/h4-12,30H,13-14H2,1-3H3,(H,24,26). The average Bonchev–Trinajstić information content (AvgIpc) is 3.18. The lowest BCUT2D eigenvalue weighted by Crippen LogP contribution is -2.37. The van der Waals surface area contributed by atoms with Crippen LogP contribution in [0.25, 0.3) is 11.2 Å². The van der Waals surface area contributed by atoms with Crippen LogP contribution in [0.4, 0.5) is 5.95 Å². The maximum Gasteiger partial charge on any atom is 0.332 e. The molecule has 0 bridgehead atoms. The average molecular weight is 432 g/mol. The zero-order chi connectivity index (χ0) is 22.8. The van der Waals surface area contributed by atoms with Gasteiger partial charge in [-0.2, -0.15) is 10.1 Å². The second kappa shape index (κ2) is 8.54. The molecular formula is C23H24N6O3. The van der Waals surface area contributed by atoms with Crippen LogP contribution >= 0.6 is 0 Å². The summed E-state index contributed by atoms with van der Waals surface area (Å²) in [6.45, 7) is 2.30. The highest BCUT2D eigenvalue weighted by atomic mass is 16.3. The zero-order valence-electron chi connectivity index (χ0n) is 18.1. The van der Waals surface area contributed by atoms with Crippen molar-refractivity contribution in [2.45, 2.75) is 19.9 Å². The van der Waals surface area contributed by atoms with Crippen molar-refractivity contribution >= 4 is 22.8 Å². The van der Waals surface area contributed by atoms with E-state index in [0.29, 0.717) is 35.8 Å². The number of anilines is 1. The van der Waals surface area contributed by atoms with Gasteiger partial charge in [-0.15, -0.1) is 0 Å². The van der Waals surface area contributed by atoms with E-state index in [1.54, 1.807) is 35.9 Å². The molecule has 2 aromatic heterocycles. The largest absolute Gasteiger partial charge is 0.508 e. The molecule has 164 valence electrons. The first-order valence-electron chi connectivity index (χ1n) is 10.2. The molecule has 0 fully saturated rings. The number of hydrogen-bond donors (Lipinski definition) is 2. The van der Waals surface area contributed by atoms with Gasteiger partial charge in [0.05, 0.1) is 5.71 Å². The number of phenols is 1. The molecule has 9 nitrogen and oxygen atoms in total. The minimum absolute atomic E-state index is 0.175. The molecule has 4 aromatic rings. The van der Waals surface area contributed by atoms with E-state index >= 15 is 0 Å². The molecule has 0 unspecified atom stereocenters. The van der Waals surface area contributed by atoms with Gasteiger partial charge in [0.15, 0.2) is 11.2 Å². The number of hydrogen-bond acceptors (Lipinski definition) is 6. The van der Waals surface area contributed by atoms with Gasteiger partial charge in [0.2, 0.25) is 5.95 Å². The van der Waals surface area contributed by atoms with E-state index in [4.69, 9.17) is 0 Å². The molecule has 0 aliphatic heterocycles. The number of rotatable bonds is 6. The van der Waals surface area contributed by atoms with Gasteiger partial charge in [0.25, 0.3) is 5.56 Å². The summed E-state index contributed by atoms with van der Waals surface area (Å²) in [4.78, 5) is 29.9. The predicted molar refractivity (Wildman–Crippen MR) is 124 cm³/mol. The molecule has 2 N–H and O–H groups in total. The highest BCUT2D eigenvalue weighted by Crippen LogP contribution is 2.18. The van der Waals surface area contributed by atoms with Gasteiger partial charge in [-0.05, 0) is 48.7 Å². The van der Waals surface area contributed by atoms with Crippen LogP contribution in [-0.4, -0.2) is 29.5 Å². The molecule has 2 heterocycles. The fourth-order valence-corrected chi connectivity index (χ4v) is 3.54. The van der Waals surface area contributed by atoms with Crippen molar-refractivity contribution in [3.05, 3.63) is 86.6 Å². The number of hydrazone groups is 1. The third-order valence-electron chi connectivity index (χ3n) is 5.42. The third-order valence-corrected chi connectivity index (χ3v) is 5.42. The predicted octanol–water partition coefficient (Wildman–Crippen LogP) is 2.22. The molecule has 32 heavy (non-hydrogen) atoms. The van der Waals surface area contributed by atoms with Gasteiger partial charge >= 0.3 is 5.69 Å². The number of aryl methyl sites for hydroxylation is 3. The quantitative estimate of drug-likeness (QED) is 0.359. The lowest BCUT2D eigenvalue weighted by atomic mass is 10.1. The topological polar surface area (TPSA) is 106 Å². The summed E-state index contributed by atoms with van der Waals surface area (Å²) >= 11 is 0. The second-order valence-corrected chi connectivity index (χ2v) is 7.56. The number of imidazole rings is 1. The molecule has 2 aromatic carbocycles. The third kappa shape index (κ3) is 3.92. The van der Waals surface area contributed by atoms with Crippen molar-refractivity contribution in [1.29, 1.82) is 0 Å². The molecule has 9 heteroatoms. The molecule has 0 amide bonds. The number of aromatic hydroxyl groups is 1. The van der Waals surface area contributed by atoms with Crippen molar-refractivity contribution in [2.75, 3.05) is 5.43 Å². The Morgan fingerprint density at radius 1 is 1.03 bits per heavy atom. The van der Waals surface area contributed by atoms with Crippen molar-refractivity contribution in [3.8, 4) is 5.75 Å². The molecule has 0 spiro atoms. The maximum absolute atomic E-state index is 12.9. The van der Waals surface area contributed by atoms with E-state index in [-0.39, 0.29) is 5.75 Å². The smallest absolute Gasteiger partial charge is 0.332 e. The first kappa shape index (κ1) is 21.1. The zero-order valence-corrected chi connectivity index (χ0v) is 18.1. The van der Waals surface area contributed by atoms with E-state index < -0.39 is 11.2 Å². The fourth-order valence-electron chi connectivity index (χ4n) is 3.54. The second-order valence-electron chi connectivity index (χ2n) is 7.56. The van der Waals surface area contributed by atoms with Crippen molar-refractivity contribution in [2.24, 2.45) is 19.2 Å². The number of nitrogens with zero attached hydrogens (tertiary/aromatic N) is 5. The summed E-state index contributed by atoms with van der Waals surface area (Å²) in [5.41, 5.74) is 5.36. The SMILES string of the molecule is CC(=NNc1nc2c(c(=O)n(C)c(=O)n2C)n1CCc1ccccc1)c1ccc(O)cc1. The minimum atomic E-state index is -0.439. The Kier molecular flexibility index (Phi) is 5.63. The Balaban J connectivity index is 1.78. The maximum atomic E-state index is 12.9. The summed E-state index contributed by atoms with van der Waals surface area (Å²) in [6, 6.07) is 16.6. The van der Waals surface area contributed by atoms with Gasteiger partial charge in [0.1, 0.15) is 5.75 Å². The monoisotopic (exact) mass is 432 g/mol. The summed E-state index contributed by atoms with van der Waals surface area (Å²) < 4.78 is 4.20. The number of phenolic OH excluding ortho intramolecular Hbond substituents is 1. The number of nitrogens with one attached hydrogen (secondary N) is 1. The highest BCUT2D eigenvalue weighted by molar-refractivity contribution is 5.99. The number of benzene rings is 2. The normalized spacial score (nSPS) is 11.8. The summed E-state index contributed by atoms with van der Waals surface area (Å²) in [5.74, 6) is 0.543. The Bertz CT molecular complexity index is 1410. The molecule has 0 aliphatic carbocycles. The molecule has 0 radical (unpaired) electrons. The van der Waals surface area contributed by atoms with Gasteiger partial charge in [0, 0.05) is 20.6 Å². The highest BCUT2D eigenvalue weighted by Gasteiger charge is 2.19. The van der Waals surface area contributed by atoms with Crippen LogP contribution in [0, 0.1) is 0 Å². The fraction of sp³-hybridized carbons (Fsp3) is 0.217. The summed E-state index contributed by atoms with van der Waals surface area (Å²) in [6.07, 6.45) is 0.674. The molecular weight excluding hydrogens is 408 g/mol. The molecule has 4 rings (SSSR count). The minimum Gasteiger partial charge on any atom is -0.508 e. The van der Waals surface area contributed by atoms with E-state index in [0.717, 1.165) is 15.7 Å². The molecule has 0 saturated carbocycles. The van der Waals surface area contributed by atoms with Crippen LogP contribution in [-0.2, 0) is 27.1 Å². The molecule has 0 atom stereocenters. The van der Waals surface area contributed by atoms with Crippen LogP contribution in [0.5, 0.6) is 5.75 Å². The Morgan fingerprint density at radius 2 is 1.72 bits per heavy atom. The Hall–Kier alpha value is -4.14. The van der Waals surface area contributed by atoms with Crippen molar-refractivity contribution in [3.63, 3.8) is 0 Å². The van der Waals surface area contributed by atoms with Crippen molar-refractivity contribution < 1.29 is 5.11 Å². The van der Waals surface area contributed by atoms with Gasteiger partial charge in [-0.1, -0.05) is 30.3 Å². The lowest BCUT2D eigenvalue weighted by molar-refractivity contribution is 0.475. The molecule has 0 saturated heterocycles. The van der Waals surface area contributed by atoms with Crippen LogP contribution in [0.2, 0.25) is 0 Å². The number of fused-ring (bicyclic) bond motifs is 1. The Labute approximate surface area is 183 Å². The van der Waals surface area contributed by atoms with Crippen LogP contribution in [0.1, 0.15) is 18.1 Å². The van der Waals surface area contributed by atoms with E-state index in [2.05, 4.69) is 15.5 Å². The first-order valence-corrected chi connectivity index (χ1v) is 10.2. The van der Waals surface area contributed by atoms with Crippen LogP contribution in [0.15, 0.2) is 69.3 Å². The van der Waals surface area contributed by atoms with Crippen LogP contribution < -0.4 is 16.7 Å². The first-order chi connectivity index (χ1) is 15.4. The van der Waals surface area contributed by atoms with Crippen LogP contribution in [0.3, 0.4) is 0 Å². The number of aromatic nitrogens is 4. The van der Waals surface area contributed by atoms with E-state index in [9.17, 15) is 14.7 Å². The molecule has 0 aliphatic rings. The van der Waals surface area contributed by atoms with E-state index in [1.165, 1.54) is 11.6 Å². The van der Waals surface area contributed by atoms with Gasteiger partial charge < -0.3 is 9.67 Å². The van der Waals surface area contributed by atoms with E-state index in [1.807, 2.05) is 37.3 Å². The summed E-state index contributed by atoms with van der Waals surface area (Å²) in [7, 11) is 3.05. The van der Waals surface area contributed by atoms with Gasteiger partial charge in [-0.3, -0.25) is 13.9 Å². The Morgan fingerprint density at radius 3 is 2.41 bits per heavy atom. The van der Waals surface area contributed by atoms with Gasteiger partial charge in [-0.25, -0.2) is 10.2 Å². The van der Waals surface area contributed by atoms with Crippen molar-refractivity contribution in [1.82, 2.24) is 18.7 Å². The lowest BCUT2D eigenvalue weighted by Gasteiger charge is -2.10. The summed E-state index contributed by atoms with van der Waals surface area (Å²) in [5, 5.41) is 13.9.